The number of halogens is 1. The summed E-state index contributed by atoms with van der Waals surface area (Å²) < 4.78 is 14.0. The Morgan fingerprint density at radius 1 is 1.12 bits per heavy atom. The van der Waals surface area contributed by atoms with Gasteiger partial charge in [0.1, 0.15) is 5.82 Å². The number of nitrogens with one attached hydrogen (secondary N) is 1. The van der Waals surface area contributed by atoms with E-state index < -0.39 is 0 Å². The first-order chi connectivity index (χ1) is 12.1. The molecule has 0 bridgehead atoms. The number of rotatable bonds is 5. The molecular formula is C21H25FN2O. The van der Waals surface area contributed by atoms with Crippen molar-refractivity contribution >= 4 is 5.91 Å². The zero-order valence-electron chi connectivity index (χ0n) is 14.7. The van der Waals surface area contributed by atoms with Gasteiger partial charge < -0.3 is 5.32 Å². The van der Waals surface area contributed by atoms with Gasteiger partial charge in [0, 0.05) is 25.7 Å². The minimum absolute atomic E-state index is 0.0917. The lowest BCUT2D eigenvalue weighted by Gasteiger charge is -2.32. The van der Waals surface area contributed by atoms with E-state index in [0.717, 1.165) is 32.5 Å². The third kappa shape index (κ3) is 4.89. The number of nitrogens with zero attached hydrogens (tertiary/aromatic N) is 1. The van der Waals surface area contributed by atoms with E-state index in [1.165, 1.54) is 5.56 Å². The molecule has 0 unspecified atom stereocenters. The Bertz CT molecular complexity index is 709. The molecule has 25 heavy (non-hydrogen) atoms. The first kappa shape index (κ1) is 17.6. The van der Waals surface area contributed by atoms with E-state index in [1.807, 2.05) is 6.07 Å². The molecule has 1 aliphatic heterocycles. The average Bonchev–Trinajstić information content (AvgIpc) is 2.62. The lowest BCUT2D eigenvalue weighted by atomic mass is 10.0. The van der Waals surface area contributed by atoms with Crippen LogP contribution < -0.4 is 5.32 Å². The largest absolute Gasteiger partial charge is 0.353 e. The monoisotopic (exact) mass is 340 g/mol. The van der Waals surface area contributed by atoms with Crippen LogP contribution in [-0.4, -0.2) is 29.9 Å². The molecule has 0 saturated carbocycles. The highest BCUT2D eigenvalue weighted by atomic mass is 19.1. The molecule has 4 heteroatoms. The van der Waals surface area contributed by atoms with Crippen molar-refractivity contribution in [3.8, 4) is 0 Å². The summed E-state index contributed by atoms with van der Waals surface area (Å²) in [6, 6.07) is 15.8. The SMILES string of the molecule is Cc1cccc(CC(=O)NC2CCN(Cc3ccccc3)CC2)c1F. The Morgan fingerprint density at radius 2 is 1.84 bits per heavy atom. The molecule has 3 rings (SSSR count). The van der Waals surface area contributed by atoms with E-state index in [4.69, 9.17) is 0 Å². The van der Waals surface area contributed by atoms with Crippen molar-refractivity contribution < 1.29 is 9.18 Å². The zero-order chi connectivity index (χ0) is 17.6. The van der Waals surface area contributed by atoms with Crippen LogP contribution in [0.15, 0.2) is 48.5 Å². The predicted octanol–water partition coefficient (Wildman–Crippen LogP) is 3.46. The van der Waals surface area contributed by atoms with Crippen molar-refractivity contribution in [2.45, 2.75) is 38.8 Å². The Balaban J connectivity index is 1.45. The highest BCUT2D eigenvalue weighted by molar-refractivity contribution is 5.79. The lowest BCUT2D eigenvalue weighted by molar-refractivity contribution is -0.121. The fourth-order valence-electron chi connectivity index (χ4n) is 3.37. The van der Waals surface area contributed by atoms with Crippen molar-refractivity contribution in [1.29, 1.82) is 0 Å². The molecule has 1 N–H and O–H groups in total. The van der Waals surface area contributed by atoms with Crippen LogP contribution in [0.25, 0.3) is 0 Å². The Morgan fingerprint density at radius 3 is 2.56 bits per heavy atom. The van der Waals surface area contributed by atoms with Gasteiger partial charge in [-0.25, -0.2) is 4.39 Å². The number of benzene rings is 2. The molecule has 1 fully saturated rings. The highest BCUT2D eigenvalue weighted by Crippen LogP contribution is 2.15. The van der Waals surface area contributed by atoms with Gasteiger partial charge in [0.05, 0.1) is 6.42 Å². The first-order valence-electron chi connectivity index (χ1n) is 8.91. The molecule has 1 aliphatic rings. The maximum Gasteiger partial charge on any atom is 0.224 e. The van der Waals surface area contributed by atoms with Crippen molar-refractivity contribution in [3.63, 3.8) is 0 Å². The standard InChI is InChI=1S/C21H25FN2O/c1-16-6-5-9-18(21(16)22)14-20(25)23-19-10-12-24(13-11-19)15-17-7-3-2-4-8-17/h2-9,19H,10-15H2,1H3,(H,23,25). The van der Waals surface area contributed by atoms with Crippen LogP contribution in [0.2, 0.25) is 0 Å². The second kappa shape index (κ2) is 8.26. The topological polar surface area (TPSA) is 32.3 Å². The van der Waals surface area contributed by atoms with E-state index >= 15 is 0 Å². The summed E-state index contributed by atoms with van der Waals surface area (Å²) in [6.45, 7) is 4.62. The van der Waals surface area contributed by atoms with Gasteiger partial charge >= 0.3 is 0 Å². The molecule has 2 aromatic rings. The van der Waals surface area contributed by atoms with E-state index in [0.29, 0.717) is 11.1 Å². The minimum atomic E-state index is -0.268. The van der Waals surface area contributed by atoms with Crippen LogP contribution in [0.4, 0.5) is 4.39 Å². The van der Waals surface area contributed by atoms with E-state index in [2.05, 4.69) is 34.5 Å². The number of piperidine rings is 1. The molecule has 2 aromatic carbocycles. The van der Waals surface area contributed by atoms with E-state index in [1.54, 1.807) is 25.1 Å². The number of hydrogen-bond donors (Lipinski definition) is 1. The quantitative estimate of drug-likeness (QED) is 0.904. The maximum absolute atomic E-state index is 14.0. The molecule has 0 radical (unpaired) electrons. The number of carbonyl (C=O) groups excluding carboxylic acids is 1. The number of amides is 1. The van der Waals surface area contributed by atoms with Gasteiger partial charge in [-0.3, -0.25) is 9.69 Å². The molecular weight excluding hydrogens is 315 g/mol. The Labute approximate surface area is 148 Å². The second-order valence-electron chi connectivity index (χ2n) is 6.83. The summed E-state index contributed by atoms with van der Waals surface area (Å²) in [5.74, 6) is -0.360. The van der Waals surface area contributed by atoms with Gasteiger partial charge in [-0.2, -0.15) is 0 Å². The van der Waals surface area contributed by atoms with Crippen LogP contribution in [0.1, 0.15) is 29.5 Å². The van der Waals surface area contributed by atoms with Crippen molar-refractivity contribution in [1.82, 2.24) is 10.2 Å². The van der Waals surface area contributed by atoms with Crippen LogP contribution in [-0.2, 0) is 17.8 Å². The molecule has 0 aliphatic carbocycles. The fraction of sp³-hybridized carbons (Fsp3) is 0.381. The summed E-state index contributed by atoms with van der Waals surface area (Å²) in [5, 5.41) is 3.07. The molecule has 1 amide bonds. The normalized spacial score (nSPS) is 15.9. The van der Waals surface area contributed by atoms with Crippen molar-refractivity contribution in [3.05, 3.63) is 71.0 Å². The van der Waals surface area contributed by atoms with E-state index in [9.17, 15) is 9.18 Å². The van der Waals surface area contributed by atoms with Gasteiger partial charge in [-0.05, 0) is 36.5 Å². The minimum Gasteiger partial charge on any atom is -0.353 e. The maximum atomic E-state index is 14.0. The van der Waals surface area contributed by atoms with Crippen LogP contribution >= 0.6 is 0 Å². The summed E-state index contributed by atoms with van der Waals surface area (Å²) in [5.41, 5.74) is 2.37. The molecule has 1 heterocycles. The number of likely N-dealkylation sites (tertiary alicyclic amines) is 1. The molecule has 1 saturated heterocycles. The third-order valence-electron chi connectivity index (χ3n) is 4.82. The smallest absolute Gasteiger partial charge is 0.224 e. The summed E-state index contributed by atoms with van der Waals surface area (Å²) in [4.78, 5) is 14.6. The van der Waals surface area contributed by atoms with Crippen molar-refractivity contribution in [2.24, 2.45) is 0 Å². The first-order valence-corrected chi connectivity index (χ1v) is 8.91. The van der Waals surface area contributed by atoms with Gasteiger partial charge in [0.2, 0.25) is 5.91 Å². The Hall–Kier alpha value is -2.20. The van der Waals surface area contributed by atoms with E-state index in [-0.39, 0.29) is 24.2 Å². The van der Waals surface area contributed by atoms with Crippen LogP contribution in [0.3, 0.4) is 0 Å². The summed E-state index contributed by atoms with van der Waals surface area (Å²) >= 11 is 0. The molecule has 3 nitrogen and oxygen atoms in total. The van der Waals surface area contributed by atoms with Gasteiger partial charge in [-0.15, -0.1) is 0 Å². The average molecular weight is 340 g/mol. The second-order valence-corrected chi connectivity index (χ2v) is 6.83. The van der Waals surface area contributed by atoms with Crippen LogP contribution in [0.5, 0.6) is 0 Å². The number of aryl methyl sites for hydroxylation is 1. The third-order valence-corrected chi connectivity index (χ3v) is 4.82. The summed E-state index contributed by atoms with van der Waals surface area (Å²) in [7, 11) is 0. The Kier molecular flexibility index (Phi) is 5.82. The molecule has 0 spiro atoms. The fourth-order valence-corrected chi connectivity index (χ4v) is 3.37. The molecule has 132 valence electrons. The van der Waals surface area contributed by atoms with Crippen LogP contribution in [0, 0.1) is 12.7 Å². The number of hydrogen-bond acceptors (Lipinski definition) is 2. The van der Waals surface area contributed by atoms with Gasteiger partial charge in [0.25, 0.3) is 0 Å². The highest BCUT2D eigenvalue weighted by Gasteiger charge is 2.21. The predicted molar refractivity (Wildman–Crippen MR) is 97.7 cm³/mol. The molecule has 0 aromatic heterocycles. The summed E-state index contributed by atoms with van der Waals surface area (Å²) in [6.07, 6.45) is 1.99. The van der Waals surface area contributed by atoms with Crippen molar-refractivity contribution in [2.75, 3.05) is 13.1 Å². The van der Waals surface area contributed by atoms with Gasteiger partial charge in [-0.1, -0.05) is 48.5 Å². The van der Waals surface area contributed by atoms with Gasteiger partial charge in [0.15, 0.2) is 0 Å². The lowest BCUT2D eigenvalue weighted by Crippen LogP contribution is -2.44. The molecule has 0 atom stereocenters. The number of carbonyl (C=O) groups is 1. The zero-order valence-corrected chi connectivity index (χ0v) is 14.7.